The van der Waals surface area contributed by atoms with Crippen molar-refractivity contribution in [2.45, 2.75) is 11.8 Å². The maximum Gasteiger partial charge on any atom is 0.280 e. The molecule has 0 spiro atoms. The Hall–Kier alpha value is -2.80. The fourth-order valence-electron chi connectivity index (χ4n) is 3.23. The molecule has 1 N–H and O–H groups in total. The lowest BCUT2D eigenvalue weighted by molar-refractivity contribution is -0.119. The Bertz CT molecular complexity index is 1070. The third-order valence-electron chi connectivity index (χ3n) is 4.51. The van der Waals surface area contributed by atoms with Crippen molar-refractivity contribution in [1.82, 2.24) is 9.88 Å². The summed E-state index contributed by atoms with van der Waals surface area (Å²) in [5.41, 5.74) is 1.40. The lowest BCUT2D eigenvalue weighted by Gasteiger charge is -2.12. The Labute approximate surface area is 150 Å². The van der Waals surface area contributed by atoms with Crippen LogP contribution in [0.25, 0.3) is 10.9 Å². The van der Waals surface area contributed by atoms with Gasteiger partial charge in [0.1, 0.15) is 16.9 Å². The first-order valence-corrected chi connectivity index (χ1v) is 9.31. The molecule has 1 fully saturated rings. The number of halogens is 2. The van der Waals surface area contributed by atoms with E-state index >= 15 is 0 Å². The van der Waals surface area contributed by atoms with Crippen molar-refractivity contribution < 1.29 is 18.4 Å². The highest BCUT2D eigenvalue weighted by atomic mass is 32.2. The van der Waals surface area contributed by atoms with Crippen LogP contribution in [0.1, 0.15) is 16.4 Å². The summed E-state index contributed by atoms with van der Waals surface area (Å²) in [6.07, 6.45) is 1.72. The average Bonchev–Trinajstić information content (AvgIpc) is 3.12. The van der Waals surface area contributed by atoms with Gasteiger partial charge in [-0.25, -0.2) is 8.78 Å². The highest BCUT2D eigenvalue weighted by Gasteiger charge is 2.36. The van der Waals surface area contributed by atoms with Gasteiger partial charge >= 0.3 is 0 Å². The van der Waals surface area contributed by atoms with Gasteiger partial charge in [0.05, 0.1) is 6.54 Å². The zero-order valence-electron chi connectivity index (χ0n) is 13.5. The van der Waals surface area contributed by atoms with Gasteiger partial charge in [-0.15, -0.1) is 0 Å². The fraction of sp³-hybridized carbons (Fsp3) is 0.105. The van der Waals surface area contributed by atoms with Crippen molar-refractivity contribution >= 4 is 38.4 Å². The second-order valence-corrected chi connectivity index (χ2v) is 7.71. The first kappa shape index (κ1) is 16.7. The minimum absolute atomic E-state index is 0.0251. The van der Waals surface area contributed by atoms with Crippen LogP contribution >= 0.6 is 10.5 Å². The SMILES string of the molecule is C=S1C(=O)NC(=O)C1c1cccc2c1ccn2Cc1c(F)cccc1F. The Morgan fingerprint density at radius 1 is 1.08 bits per heavy atom. The third kappa shape index (κ3) is 2.55. The van der Waals surface area contributed by atoms with Crippen LogP contribution < -0.4 is 5.32 Å². The Morgan fingerprint density at radius 3 is 2.42 bits per heavy atom. The molecule has 132 valence electrons. The Balaban J connectivity index is 1.80. The molecule has 2 amide bonds. The number of benzene rings is 2. The summed E-state index contributed by atoms with van der Waals surface area (Å²) in [5, 5.41) is 2.05. The normalized spacial score (nSPS) is 19.9. The minimum Gasteiger partial charge on any atom is -0.343 e. The Morgan fingerprint density at radius 2 is 1.77 bits per heavy atom. The van der Waals surface area contributed by atoms with Gasteiger partial charge in [0.15, 0.2) is 0 Å². The summed E-state index contributed by atoms with van der Waals surface area (Å²) in [6, 6.07) is 10.9. The van der Waals surface area contributed by atoms with Gasteiger partial charge in [-0.3, -0.25) is 14.9 Å². The summed E-state index contributed by atoms with van der Waals surface area (Å²) < 4.78 is 29.6. The van der Waals surface area contributed by atoms with Crippen molar-refractivity contribution in [3.05, 3.63) is 71.4 Å². The van der Waals surface area contributed by atoms with Gasteiger partial charge in [0.25, 0.3) is 5.24 Å². The van der Waals surface area contributed by atoms with E-state index in [1.54, 1.807) is 29.0 Å². The molecule has 1 aliphatic rings. The van der Waals surface area contributed by atoms with Crippen LogP contribution in [-0.2, 0) is 11.3 Å². The molecule has 0 bridgehead atoms. The maximum atomic E-state index is 14.0. The number of nitrogens with one attached hydrogen (secondary N) is 1. The minimum atomic E-state index is -1.01. The number of fused-ring (bicyclic) bond motifs is 1. The molecule has 1 aromatic heterocycles. The van der Waals surface area contributed by atoms with Crippen LogP contribution in [-0.4, -0.2) is 21.6 Å². The molecule has 0 radical (unpaired) electrons. The molecule has 3 aromatic rings. The van der Waals surface area contributed by atoms with E-state index in [9.17, 15) is 18.4 Å². The highest BCUT2D eigenvalue weighted by Crippen LogP contribution is 2.42. The van der Waals surface area contributed by atoms with Gasteiger partial charge in [-0.05, 0) is 29.8 Å². The quantitative estimate of drug-likeness (QED) is 0.708. The van der Waals surface area contributed by atoms with E-state index in [0.717, 1.165) is 10.9 Å². The molecule has 0 saturated carbocycles. The second kappa shape index (κ2) is 6.17. The van der Waals surface area contributed by atoms with Crippen LogP contribution in [0.2, 0.25) is 0 Å². The zero-order valence-corrected chi connectivity index (χ0v) is 14.4. The van der Waals surface area contributed by atoms with Gasteiger partial charge in [-0.2, -0.15) is 0 Å². The second-order valence-electron chi connectivity index (χ2n) is 6.01. The summed E-state index contributed by atoms with van der Waals surface area (Å²) in [5.74, 6) is 2.24. The van der Waals surface area contributed by atoms with Gasteiger partial charge < -0.3 is 4.57 Å². The van der Waals surface area contributed by atoms with E-state index in [0.29, 0.717) is 5.56 Å². The monoisotopic (exact) mass is 372 g/mol. The van der Waals surface area contributed by atoms with Crippen molar-refractivity contribution in [3.63, 3.8) is 0 Å². The lowest BCUT2D eigenvalue weighted by Crippen LogP contribution is -2.20. The molecule has 26 heavy (non-hydrogen) atoms. The molecular formula is C19H14F2N2O2S. The molecule has 2 atom stereocenters. The molecule has 0 aliphatic carbocycles. The molecule has 7 heteroatoms. The van der Waals surface area contributed by atoms with Crippen LogP contribution in [0.15, 0.2) is 48.7 Å². The van der Waals surface area contributed by atoms with E-state index in [1.807, 2.05) is 6.07 Å². The predicted molar refractivity (Wildman–Crippen MR) is 98.4 cm³/mol. The van der Waals surface area contributed by atoms with Crippen LogP contribution in [0.3, 0.4) is 0 Å². The molecule has 2 aromatic carbocycles. The summed E-state index contributed by atoms with van der Waals surface area (Å²) in [4.78, 5) is 23.9. The first-order chi connectivity index (χ1) is 12.5. The lowest BCUT2D eigenvalue weighted by atomic mass is 10.1. The predicted octanol–water partition coefficient (Wildman–Crippen LogP) is 3.96. The summed E-state index contributed by atoms with van der Waals surface area (Å²) in [7, 11) is -1.01. The number of nitrogens with zero attached hydrogens (tertiary/aromatic N) is 1. The van der Waals surface area contributed by atoms with E-state index in [4.69, 9.17) is 0 Å². The average molecular weight is 372 g/mol. The molecule has 4 rings (SSSR count). The largest absolute Gasteiger partial charge is 0.343 e. The molecule has 2 unspecified atom stereocenters. The summed E-state index contributed by atoms with van der Waals surface area (Å²) >= 11 is 0. The summed E-state index contributed by atoms with van der Waals surface area (Å²) in [6.45, 7) is 0.0251. The number of aromatic nitrogens is 1. The first-order valence-electron chi connectivity index (χ1n) is 7.85. The van der Waals surface area contributed by atoms with Crippen molar-refractivity contribution in [3.8, 4) is 0 Å². The third-order valence-corrected chi connectivity index (χ3v) is 6.12. The standard InChI is InChI=1S/C19H14F2N2O2S/c1-26-17(18(24)22-19(26)25)12-4-2-7-16-11(12)8-9-23(16)10-13-14(20)5-3-6-15(13)21/h2-9,17H,1,10H2,(H,22,24,25). The Kier molecular flexibility index (Phi) is 3.96. The number of carbonyl (C=O) groups is 2. The highest BCUT2D eigenvalue weighted by molar-refractivity contribution is 8.28. The van der Waals surface area contributed by atoms with Crippen LogP contribution in [0, 0.1) is 11.6 Å². The van der Waals surface area contributed by atoms with Crippen molar-refractivity contribution in [2.75, 3.05) is 0 Å². The van der Waals surface area contributed by atoms with Gasteiger partial charge in [0.2, 0.25) is 5.91 Å². The topological polar surface area (TPSA) is 51.1 Å². The number of hydrogen-bond acceptors (Lipinski definition) is 2. The molecule has 4 nitrogen and oxygen atoms in total. The number of amides is 2. The number of carbonyl (C=O) groups excluding carboxylic acids is 2. The van der Waals surface area contributed by atoms with E-state index in [1.165, 1.54) is 18.2 Å². The van der Waals surface area contributed by atoms with Crippen LogP contribution in [0.4, 0.5) is 13.6 Å². The zero-order chi connectivity index (χ0) is 18.4. The number of imide groups is 1. The van der Waals surface area contributed by atoms with E-state index < -0.39 is 27.4 Å². The molecular weight excluding hydrogens is 358 g/mol. The number of rotatable bonds is 3. The van der Waals surface area contributed by atoms with E-state index in [-0.39, 0.29) is 23.3 Å². The van der Waals surface area contributed by atoms with Crippen molar-refractivity contribution in [2.24, 2.45) is 0 Å². The maximum absolute atomic E-state index is 14.0. The van der Waals surface area contributed by atoms with E-state index in [2.05, 4.69) is 11.2 Å². The molecule has 1 saturated heterocycles. The van der Waals surface area contributed by atoms with Crippen molar-refractivity contribution in [1.29, 1.82) is 0 Å². The number of hydrogen-bond donors (Lipinski definition) is 1. The molecule has 1 aliphatic heterocycles. The van der Waals surface area contributed by atoms with Crippen LogP contribution in [0.5, 0.6) is 0 Å². The van der Waals surface area contributed by atoms with Gasteiger partial charge in [0, 0.05) is 22.7 Å². The molecule has 2 heterocycles. The fourth-order valence-corrected chi connectivity index (χ4v) is 4.51. The smallest absolute Gasteiger partial charge is 0.280 e. The van der Waals surface area contributed by atoms with Gasteiger partial charge in [-0.1, -0.05) is 34.6 Å².